The lowest BCUT2D eigenvalue weighted by Crippen LogP contribution is -2.46. The number of pyridine rings is 1. The largest absolute Gasteiger partial charge is 0.367 e. The zero-order valence-corrected chi connectivity index (χ0v) is 14.6. The zero-order chi connectivity index (χ0) is 17.4. The van der Waals surface area contributed by atoms with Crippen molar-refractivity contribution in [3.05, 3.63) is 51.7 Å². The number of benzene rings is 1. The molecule has 2 aromatic heterocycles. The van der Waals surface area contributed by atoms with Crippen LogP contribution in [0.4, 0.5) is 16.5 Å². The first kappa shape index (κ1) is 15.8. The van der Waals surface area contributed by atoms with Gasteiger partial charge in [-0.2, -0.15) is 0 Å². The number of nitrogens with zero attached hydrogens (tertiary/aromatic N) is 5. The summed E-state index contributed by atoms with van der Waals surface area (Å²) in [5.41, 5.74) is 2.33. The van der Waals surface area contributed by atoms with E-state index in [1.54, 1.807) is 17.4 Å². The second-order valence-electron chi connectivity index (χ2n) is 6.00. The molecule has 0 saturated carbocycles. The fourth-order valence-electron chi connectivity index (χ4n) is 3.26. The minimum absolute atomic E-state index is 0.0591. The van der Waals surface area contributed by atoms with E-state index in [2.05, 4.69) is 19.8 Å². The third kappa shape index (κ3) is 2.89. The second-order valence-corrected chi connectivity index (χ2v) is 6.87. The highest BCUT2D eigenvalue weighted by molar-refractivity contribution is 7.13. The maximum absolute atomic E-state index is 11.3. The first-order valence-corrected chi connectivity index (χ1v) is 8.95. The van der Waals surface area contributed by atoms with Crippen LogP contribution in [0.25, 0.3) is 10.9 Å². The topological polar surface area (TPSA) is 75.4 Å². The van der Waals surface area contributed by atoms with Gasteiger partial charge in [-0.25, -0.2) is 9.97 Å². The molecule has 0 spiro atoms. The van der Waals surface area contributed by atoms with Crippen molar-refractivity contribution in [3.8, 4) is 0 Å². The number of anilines is 2. The van der Waals surface area contributed by atoms with Crippen LogP contribution < -0.4 is 9.80 Å². The number of fused-ring (bicyclic) bond motifs is 1. The van der Waals surface area contributed by atoms with E-state index in [0.717, 1.165) is 48.1 Å². The summed E-state index contributed by atoms with van der Waals surface area (Å²) < 4.78 is 0. The number of nitro groups is 1. The Morgan fingerprint density at radius 3 is 2.64 bits per heavy atom. The van der Waals surface area contributed by atoms with E-state index < -0.39 is 0 Å². The van der Waals surface area contributed by atoms with E-state index in [-0.39, 0.29) is 10.6 Å². The number of hydrogen-bond acceptors (Lipinski definition) is 7. The first-order chi connectivity index (χ1) is 12.1. The molecule has 1 saturated heterocycles. The van der Waals surface area contributed by atoms with Gasteiger partial charge in [-0.15, -0.1) is 11.3 Å². The highest BCUT2D eigenvalue weighted by atomic mass is 32.1. The molecule has 128 valence electrons. The van der Waals surface area contributed by atoms with Crippen LogP contribution >= 0.6 is 11.3 Å². The maximum atomic E-state index is 11.3. The monoisotopic (exact) mass is 355 g/mol. The van der Waals surface area contributed by atoms with Crippen molar-refractivity contribution >= 4 is 38.7 Å². The van der Waals surface area contributed by atoms with Crippen LogP contribution in [0.2, 0.25) is 0 Å². The van der Waals surface area contributed by atoms with Gasteiger partial charge in [0.1, 0.15) is 0 Å². The fourth-order valence-corrected chi connectivity index (χ4v) is 3.96. The Hall–Kier alpha value is -2.74. The second kappa shape index (κ2) is 6.29. The van der Waals surface area contributed by atoms with Gasteiger partial charge >= 0.3 is 0 Å². The average molecular weight is 355 g/mol. The third-order valence-corrected chi connectivity index (χ3v) is 5.26. The summed E-state index contributed by atoms with van der Waals surface area (Å²) in [6, 6.07) is 7.17. The van der Waals surface area contributed by atoms with Crippen molar-refractivity contribution in [2.45, 2.75) is 6.92 Å². The molecule has 3 aromatic rings. The molecule has 0 aliphatic carbocycles. The number of nitro benzene ring substituents is 1. The van der Waals surface area contributed by atoms with Crippen molar-refractivity contribution in [3.63, 3.8) is 0 Å². The summed E-state index contributed by atoms with van der Waals surface area (Å²) in [6.07, 6.45) is 1.82. The van der Waals surface area contributed by atoms with Crippen molar-refractivity contribution in [2.24, 2.45) is 0 Å². The molecule has 25 heavy (non-hydrogen) atoms. The summed E-state index contributed by atoms with van der Waals surface area (Å²) in [7, 11) is 0. The van der Waals surface area contributed by atoms with E-state index in [0.29, 0.717) is 5.52 Å². The zero-order valence-electron chi connectivity index (χ0n) is 13.8. The fraction of sp³-hybridized carbons (Fsp3) is 0.294. The van der Waals surface area contributed by atoms with Crippen molar-refractivity contribution < 1.29 is 4.92 Å². The van der Waals surface area contributed by atoms with Crippen LogP contribution in [-0.4, -0.2) is 41.1 Å². The van der Waals surface area contributed by atoms with Crippen LogP contribution in [0.5, 0.6) is 0 Å². The number of piperazine rings is 1. The molecule has 1 aliphatic rings. The number of hydrogen-bond donors (Lipinski definition) is 0. The number of aromatic nitrogens is 2. The van der Waals surface area contributed by atoms with E-state index in [4.69, 9.17) is 0 Å². The molecular weight excluding hydrogens is 338 g/mol. The van der Waals surface area contributed by atoms with Crippen LogP contribution in [0.3, 0.4) is 0 Å². The van der Waals surface area contributed by atoms with Gasteiger partial charge < -0.3 is 9.80 Å². The van der Waals surface area contributed by atoms with E-state index in [1.165, 1.54) is 6.07 Å². The lowest BCUT2D eigenvalue weighted by Gasteiger charge is -2.36. The smallest absolute Gasteiger partial charge is 0.295 e. The molecule has 7 nitrogen and oxygen atoms in total. The van der Waals surface area contributed by atoms with Gasteiger partial charge in [0.05, 0.1) is 4.92 Å². The maximum Gasteiger partial charge on any atom is 0.295 e. The molecule has 0 radical (unpaired) electrons. The summed E-state index contributed by atoms with van der Waals surface area (Å²) in [5, 5.41) is 15.2. The minimum atomic E-state index is -0.362. The van der Waals surface area contributed by atoms with Gasteiger partial charge in [-0.3, -0.25) is 10.1 Å². The highest BCUT2D eigenvalue weighted by Gasteiger charge is 2.23. The number of thiazole rings is 1. The van der Waals surface area contributed by atoms with Crippen molar-refractivity contribution in [2.75, 3.05) is 36.0 Å². The minimum Gasteiger partial charge on any atom is -0.367 e. The molecule has 0 atom stereocenters. The number of non-ortho nitro benzene ring substituents is 1. The molecule has 8 heteroatoms. The molecule has 0 unspecified atom stereocenters. The van der Waals surface area contributed by atoms with Gasteiger partial charge in [0.25, 0.3) is 5.69 Å². The number of para-hydroxylation sites is 1. The number of aryl methyl sites for hydroxylation is 1. The summed E-state index contributed by atoms with van der Waals surface area (Å²) in [5.74, 6) is 0. The highest BCUT2D eigenvalue weighted by Crippen LogP contribution is 2.33. The molecule has 4 rings (SSSR count). The van der Waals surface area contributed by atoms with Crippen LogP contribution in [0, 0.1) is 17.0 Å². The van der Waals surface area contributed by atoms with Gasteiger partial charge in [-0.1, -0.05) is 12.1 Å². The first-order valence-electron chi connectivity index (χ1n) is 8.07. The van der Waals surface area contributed by atoms with Crippen molar-refractivity contribution in [1.82, 2.24) is 9.97 Å². The molecule has 0 N–H and O–H groups in total. The molecule has 0 bridgehead atoms. The standard InChI is InChI=1S/C17H17N5O2S/c1-12-11-15(13-3-2-4-14(22(23)24)16(13)19-12)20-6-8-21(9-7-20)17-18-5-10-25-17/h2-5,10-11H,6-9H2,1H3. The Kier molecular flexibility index (Phi) is 3.96. The van der Waals surface area contributed by atoms with E-state index in [1.807, 2.05) is 30.6 Å². The van der Waals surface area contributed by atoms with Crippen molar-refractivity contribution in [1.29, 1.82) is 0 Å². The van der Waals surface area contributed by atoms with Gasteiger partial charge in [0, 0.05) is 60.6 Å². The number of rotatable bonds is 3. The normalized spacial score (nSPS) is 14.9. The Morgan fingerprint density at radius 2 is 1.96 bits per heavy atom. The van der Waals surface area contributed by atoms with Gasteiger partial charge in [0.2, 0.25) is 0 Å². The van der Waals surface area contributed by atoms with Crippen LogP contribution in [0.1, 0.15) is 5.69 Å². The molecule has 1 aliphatic heterocycles. The Balaban J connectivity index is 1.68. The van der Waals surface area contributed by atoms with E-state index in [9.17, 15) is 10.1 Å². The Bertz CT molecular complexity index is 920. The van der Waals surface area contributed by atoms with E-state index >= 15 is 0 Å². The lowest BCUT2D eigenvalue weighted by molar-refractivity contribution is -0.383. The molecule has 1 fully saturated rings. The predicted molar refractivity (Wildman–Crippen MR) is 99.7 cm³/mol. The average Bonchev–Trinajstić information content (AvgIpc) is 3.15. The third-order valence-electron chi connectivity index (χ3n) is 4.43. The summed E-state index contributed by atoms with van der Waals surface area (Å²) in [4.78, 5) is 24.3. The molecular formula is C17H17N5O2S. The van der Waals surface area contributed by atoms with Crippen LogP contribution in [0.15, 0.2) is 35.8 Å². The van der Waals surface area contributed by atoms with Gasteiger partial charge in [-0.05, 0) is 13.0 Å². The molecule has 0 amide bonds. The van der Waals surface area contributed by atoms with Gasteiger partial charge in [0.15, 0.2) is 10.6 Å². The SMILES string of the molecule is Cc1cc(N2CCN(c3nccs3)CC2)c2cccc([N+](=O)[O-])c2n1. The Morgan fingerprint density at radius 1 is 1.20 bits per heavy atom. The molecule has 3 heterocycles. The van der Waals surface area contributed by atoms with Crippen LogP contribution in [-0.2, 0) is 0 Å². The molecule has 1 aromatic carbocycles. The lowest BCUT2D eigenvalue weighted by atomic mass is 10.1. The summed E-state index contributed by atoms with van der Waals surface area (Å²) >= 11 is 1.65. The Labute approximate surface area is 148 Å². The predicted octanol–water partition coefficient (Wildman–Crippen LogP) is 3.23. The summed E-state index contributed by atoms with van der Waals surface area (Å²) in [6.45, 7) is 5.34. The quantitative estimate of drug-likeness (QED) is 0.530.